The van der Waals surface area contributed by atoms with Gasteiger partial charge in [0.15, 0.2) is 0 Å². The van der Waals surface area contributed by atoms with Crippen molar-refractivity contribution >= 4 is 21.6 Å². The SMILES string of the molecule is CCN(c1ccc(C#N)cc1Br)C1CC1. The van der Waals surface area contributed by atoms with Crippen LogP contribution < -0.4 is 4.90 Å². The zero-order chi connectivity index (χ0) is 10.8. The van der Waals surface area contributed by atoms with Gasteiger partial charge in [-0.1, -0.05) is 0 Å². The predicted molar refractivity (Wildman–Crippen MR) is 64.9 cm³/mol. The van der Waals surface area contributed by atoms with Crippen molar-refractivity contribution in [2.24, 2.45) is 0 Å². The Balaban J connectivity index is 2.31. The number of nitrogens with zero attached hydrogens (tertiary/aromatic N) is 2. The maximum Gasteiger partial charge on any atom is 0.0992 e. The van der Waals surface area contributed by atoms with Gasteiger partial charge in [-0.2, -0.15) is 5.26 Å². The summed E-state index contributed by atoms with van der Waals surface area (Å²) in [6.07, 6.45) is 2.58. The normalized spacial score (nSPS) is 14.7. The summed E-state index contributed by atoms with van der Waals surface area (Å²) in [7, 11) is 0. The Morgan fingerprint density at radius 2 is 2.27 bits per heavy atom. The lowest BCUT2D eigenvalue weighted by Gasteiger charge is -2.24. The van der Waals surface area contributed by atoms with Crippen LogP contribution in [0, 0.1) is 11.3 Å². The highest BCUT2D eigenvalue weighted by atomic mass is 79.9. The Morgan fingerprint density at radius 3 is 2.73 bits per heavy atom. The lowest BCUT2D eigenvalue weighted by Crippen LogP contribution is -2.25. The summed E-state index contributed by atoms with van der Waals surface area (Å²) in [5.41, 5.74) is 1.91. The van der Waals surface area contributed by atoms with Gasteiger partial charge >= 0.3 is 0 Å². The van der Waals surface area contributed by atoms with Crippen LogP contribution >= 0.6 is 15.9 Å². The molecule has 0 saturated heterocycles. The fourth-order valence-corrected chi connectivity index (χ4v) is 2.43. The number of rotatable bonds is 3. The average molecular weight is 265 g/mol. The van der Waals surface area contributed by atoms with Crippen LogP contribution in [-0.2, 0) is 0 Å². The molecule has 3 heteroatoms. The van der Waals surface area contributed by atoms with E-state index in [9.17, 15) is 0 Å². The fraction of sp³-hybridized carbons (Fsp3) is 0.417. The minimum absolute atomic E-state index is 0.706. The van der Waals surface area contributed by atoms with Crippen molar-refractivity contribution in [1.29, 1.82) is 5.26 Å². The van der Waals surface area contributed by atoms with E-state index in [0.717, 1.165) is 11.0 Å². The molecular weight excluding hydrogens is 252 g/mol. The monoisotopic (exact) mass is 264 g/mol. The van der Waals surface area contributed by atoms with Gasteiger partial charge in [-0.05, 0) is 53.9 Å². The molecule has 0 heterocycles. The molecule has 1 saturated carbocycles. The van der Waals surface area contributed by atoms with E-state index in [0.29, 0.717) is 11.6 Å². The predicted octanol–water partition coefficient (Wildman–Crippen LogP) is 3.31. The third-order valence-electron chi connectivity index (χ3n) is 2.71. The van der Waals surface area contributed by atoms with Crippen LogP contribution in [0.5, 0.6) is 0 Å². The summed E-state index contributed by atoms with van der Waals surface area (Å²) < 4.78 is 1.02. The van der Waals surface area contributed by atoms with Gasteiger partial charge < -0.3 is 4.90 Å². The molecule has 0 radical (unpaired) electrons. The van der Waals surface area contributed by atoms with Crippen LogP contribution in [0.1, 0.15) is 25.3 Å². The van der Waals surface area contributed by atoms with Crippen LogP contribution in [0.25, 0.3) is 0 Å². The van der Waals surface area contributed by atoms with Crippen molar-refractivity contribution in [3.8, 4) is 6.07 Å². The van der Waals surface area contributed by atoms with Crippen molar-refractivity contribution in [3.05, 3.63) is 28.2 Å². The molecule has 1 aromatic carbocycles. The number of halogens is 1. The van der Waals surface area contributed by atoms with Crippen LogP contribution in [0.2, 0.25) is 0 Å². The van der Waals surface area contributed by atoms with Crippen LogP contribution in [0.3, 0.4) is 0 Å². The first-order valence-electron chi connectivity index (χ1n) is 5.22. The molecule has 1 fully saturated rings. The number of benzene rings is 1. The van der Waals surface area contributed by atoms with Gasteiger partial charge in [0.1, 0.15) is 0 Å². The molecule has 0 bridgehead atoms. The molecule has 0 aromatic heterocycles. The summed E-state index contributed by atoms with van der Waals surface area (Å²) in [6.45, 7) is 3.19. The van der Waals surface area contributed by atoms with Crippen molar-refractivity contribution in [1.82, 2.24) is 0 Å². The summed E-state index contributed by atoms with van der Waals surface area (Å²) in [5.74, 6) is 0. The highest BCUT2D eigenvalue weighted by Gasteiger charge is 2.28. The smallest absolute Gasteiger partial charge is 0.0992 e. The Labute approximate surface area is 98.6 Å². The van der Waals surface area contributed by atoms with E-state index >= 15 is 0 Å². The van der Waals surface area contributed by atoms with E-state index in [1.807, 2.05) is 18.2 Å². The van der Waals surface area contributed by atoms with E-state index < -0.39 is 0 Å². The minimum Gasteiger partial charge on any atom is -0.368 e. The van der Waals surface area contributed by atoms with Crippen molar-refractivity contribution < 1.29 is 0 Å². The quantitative estimate of drug-likeness (QED) is 0.838. The van der Waals surface area contributed by atoms with Crippen LogP contribution in [-0.4, -0.2) is 12.6 Å². The third kappa shape index (κ3) is 2.15. The highest BCUT2D eigenvalue weighted by molar-refractivity contribution is 9.10. The van der Waals surface area contributed by atoms with Gasteiger partial charge in [0.2, 0.25) is 0 Å². The maximum atomic E-state index is 8.79. The molecule has 2 nitrogen and oxygen atoms in total. The fourth-order valence-electron chi connectivity index (χ4n) is 1.82. The Bertz CT molecular complexity index is 405. The molecule has 0 aliphatic heterocycles. The molecule has 0 amide bonds. The molecular formula is C12H13BrN2. The van der Waals surface area contributed by atoms with Gasteiger partial charge in [-0.3, -0.25) is 0 Å². The molecule has 2 rings (SSSR count). The summed E-state index contributed by atoms with van der Waals surface area (Å²) in [5, 5.41) is 8.79. The second-order valence-electron chi connectivity index (χ2n) is 3.80. The summed E-state index contributed by atoms with van der Waals surface area (Å²) in [4.78, 5) is 2.39. The number of anilines is 1. The third-order valence-corrected chi connectivity index (χ3v) is 3.35. The molecule has 15 heavy (non-hydrogen) atoms. The second-order valence-corrected chi connectivity index (χ2v) is 4.65. The average Bonchev–Trinajstić information content (AvgIpc) is 3.05. The van der Waals surface area contributed by atoms with Gasteiger partial charge in [0.05, 0.1) is 17.3 Å². The zero-order valence-corrected chi connectivity index (χ0v) is 10.3. The first-order valence-corrected chi connectivity index (χ1v) is 6.02. The van der Waals surface area contributed by atoms with E-state index in [1.165, 1.54) is 18.5 Å². The molecule has 1 aliphatic rings. The van der Waals surface area contributed by atoms with Crippen LogP contribution in [0.15, 0.2) is 22.7 Å². The largest absolute Gasteiger partial charge is 0.368 e. The minimum atomic E-state index is 0.706. The highest BCUT2D eigenvalue weighted by Crippen LogP contribution is 2.35. The van der Waals surface area contributed by atoms with E-state index in [2.05, 4.69) is 33.8 Å². The lowest BCUT2D eigenvalue weighted by molar-refractivity contribution is 0.824. The van der Waals surface area contributed by atoms with Gasteiger partial charge in [-0.25, -0.2) is 0 Å². The summed E-state index contributed by atoms with van der Waals surface area (Å²) in [6, 6.07) is 8.66. The first kappa shape index (κ1) is 10.5. The van der Waals surface area contributed by atoms with E-state index in [4.69, 9.17) is 5.26 Å². The molecule has 0 spiro atoms. The standard InChI is InChI=1S/C12H13BrN2/c1-2-15(10-4-5-10)12-6-3-9(8-14)7-11(12)13/h3,6-7,10H,2,4-5H2,1H3. The van der Waals surface area contributed by atoms with Crippen molar-refractivity contribution in [2.45, 2.75) is 25.8 Å². The Hall–Kier alpha value is -1.01. The Morgan fingerprint density at radius 1 is 1.53 bits per heavy atom. The molecule has 78 valence electrons. The van der Waals surface area contributed by atoms with E-state index in [1.54, 1.807) is 0 Å². The Kier molecular flexibility index (Phi) is 2.97. The number of hydrogen-bond acceptors (Lipinski definition) is 2. The lowest BCUT2D eigenvalue weighted by atomic mass is 10.2. The van der Waals surface area contributed by atoms with Gasteiger partial charge in [-0.15, -0.1) is 0 Å². The number of hydrogen-bond donors (Lipinski definition) is 0. The molecule has 0 atom stereocenters. The molecule has 1 aromatic rings. The van der Waals surface area contributed by atoms with Crippen LogP contribution in [0.4, 0.5) is 5.69 Å². The molecule has 1 aliphatic carbocycles. The van der Waals surface area contributed by atoms with E-state index in [-0.39, 0.29) is 0 Å². The second kappa shape index (κ2) is 4.24. The zero-order valence-electron chi connectivity index (χ0n) is 8.70. The number of nitriles is 1. The maximum absolute atomic E-state index is 8.79. The molecule has 0 unspecified atom stereocenters. The van der Waals surface area contributed by atoms with Gasteiger partial charge in [0, 0.05) is 17.1 Å². The van der Waals surface area contributed by atoms with Crippen molar-refractivity contribution in [3.63, 3.8) is 0 Å². The van der Waals surface area contributed by atoms with Crippen molar-refractivity contribution in [2.75, 3.05) is 11.4 Å². The topological polar surface area (TPSA) is 27.0 Å². The molecule has 0 N–H and O–H groups in total. The first-order chi connectivity index (χ1) is 7.26. The summed E-state index contributed by atoms with van der Waals surface area (Å²) >= 11 is 3.53. The van der Waals surface area contributed by atoms with Gasteiger partial charge in [0.25, 0.3) is 0 Å².